The maximum atomic E-state index is 12.6. The SMILES string of the molecule is CCCC1NC(=O)CCN(C2CC3CCC2O3)C1=O. The summed E-state index contributed by atoms with van der Waals surface area (Å²) in [5, 5.41) is 2.86. The predicted octanol–water partition coefficient (Wildman–Crippen LogP) is 0.823. The van der Waals surface area contributed by atoms with Crippen molar-refractivity contribution in [3.8, 4) is 0 Å². The van der Waals surface area contributed by atoms with Gasteiger partial charge < -0.3 is 15.0 Å². The van der Waals surface area contributed by atoms with Crippen LogP contribution in [-0.2, 0) is 14.3 Å². The van der Waals surface area contributed by atoms with Gasteiger partial charge in [-0.1, -0.05) is 13.3 Å². The Morgan fingerprint density at radius 1 is 1.37 bits per heavy atom. The van der Waals surface area contributed by atoms with Crippen LogP contribution in [0.25, 0.3) is 0 Å². The molecule has 0 aromatic rings. The van der Waals surface area contributed by atoms with Crippen LogP contribution < -0.4 is 5.32 Å². The summed E-state index contributed by atoms with van der Waals surface area (Å²) in [4.78, 5) is 26.2. The third-order valence-corrected chi connectivity index (χ3v) is 4.55. The van der Waals surface area contributed by atoms with E-state index in [9.17, 15) is 9.59 Å². The van der Waals surface area contributed by atoms with Gasteiger partial charge in [-0.2, -0.15) is 0 Å². The first kappa shape index (κ1) is 12.9. The van der Waals surface area contributed by atoms with Crippen molar-refractivity contribution in [2.75, 3.05) is 6.54 Å². The Morgan fingerprint density at radius 2 is 2.21 bits per heavy atom. The summed E-state index contributed by atoms with van der Waals surface area (Å²) < 4.78 is 5.85. The van der Waals surface area contributed by atoms with E-state index in [1.54, 1.807) is 0 Å². The van der Waals surface area contributed by atoms with Crippen molar-refractivity contribution >= 4 is 11.8 Å². The van der Waals surface area contributed by atoms with Gasteiger partial charge in [0.05, 0.1) is 18.2 Å². The van der Waals surface area contributed by atoms with Gasteiger partial charge in [0.25, 0.3) is 0 Å². The number of amides is 2. The van der Waals surface area contributed by atoms with Crippen molar-refractivity contribution in [1.82, 2.24) is 10.2 Å². The molecule has 0 aliphatic carbocycles. The monoisotopic (exact) mass is 266 g/mol. The predicted molar refractivity (Wildman–Crippen MR) is 69.5 cm³/mol. The molecule has 0 saturated carbocycles. The summed E-state index contributed by atoms with van der Waals surface area (Å²) in [5.74, 6) is 0.0900. The van der Waals surface area contributed by atoms with E-state index in [2.05, 4.69) is 5.32 Å². The number of hydrogen-bond acceptors (Lipinski definition) is 3. The topological polar surface area (TPSA) is 58.6 Å². The van der Waals surface area contributed by atoms with Crippen molar-refractivity contribution < 1.29 is 14.3 Å². The van der Waals surface area contributed by atoms with Crippen molar-refractivity contribution in [1.29, 1.82) is 0 Å². The van der Waals surface area contributed by atoms with Crippen LogP contribution >= 0.6 is 0 Å². The lowest BCUT2D eigenvalue weighted by molar-refractivity contribution is -0.136. The Kier molecular flexibility index (Phi) is 3.48. The zero-order valence-electron chi connectivity index (χ0n) is 11.4. The van der Waals surface area contributed by atoms with Gasteiger partial charge in [0, 0.05) is 13.0 Å². The Hall–Kier alpha value is -1.10. The van der Waals surface area contributed by atoms with E-state index in [4.69, 9.17) is 4.74 Å². The Balaban J connectivity index is 1.75. The third kappa shape index (κ3) is 2.36. The summed E-state index contributed by atoms with van der Waals surface area (Å²) >= 11 is 0. The zero-order valence-corrected chi connectivity index (χ0v) is 11.4. The molecule has 3 rings (SSSR count). The van der Waals surface area contributed by atoms with Gasteiger partial charge in [-0.25, -0.2) is 0 Å². The van der Waals surface area contributed by atoms with Crippen molar-refractivity contribution in [2.24, 2.45) is 0 Å². The maximum Gasteiger partial charge on any atom is 0.245 e. The summed E-state index contributed by atoms with van der Waals surface area (Å²) in [6, 6.07) is -0.141. The van der Waals surface area contributed by atoms with Crippen LogP contribution in [0.4, 0.5) is 0 Å². The first-order chi connectivity index (χ1) is 9.19. The van der Waals surface area contributed by atoms with E-state index in [0.717, 1.165) is 32.1 Å². The quantitative estimate of drug-likeness (QED) is 0.823. The molecule has 3 heterocycles. The number of ether oxygens (including phenoxy) is 1. The lowest BCUT2D eigenvalue weighted by Crippen LogP contribution is -2.51. The van der Waals surface area contributed by atoms with Gasteiger partial charge in [0.2, 0.25) is 11.8 Å². The number of carbonyl (C=O) groups is 2. The number of carbonyl (C=O) groups excluding carboxylic acids is 2. The van der Waals surface area contributed by atoms with Gasteiger partial charge in [0.1, 0.15) is 6.04 Å². The number of fused-ring (bicyclic) bond motifs is 2. The molecule has 0 aromatic heterocycles. The highest BCUT2D eigenvalue weighted by molar-refractivity contribution is 5.90. The molecule has 19 heavy (non-hydrogen) atoms. The normalized spacial score (nSPS) is 38.5. The lowest BCUT2D eigenvalue weighted by atomic mass is 9.93. The number of nitrogens with one attached hydrogen (secondary N) is 1. The highest BCUT2D eigenvalue weighted by Crippen LogP contribution is 2.37. The second-order valence-electron chi connectivity index (χ2n) is 5.87. The number of nitrogens with zero attached hydrogens (tertiary/aromatic N) is 1. The Labute approximate surface area is 113 Å². The molecule has 0 radical (unpaired) electrons. The van der Waals surface area contributed by atoms with Crippen molar-refractivity contribution in [2.45, 2.75) is 69.7 Å². The van der Waals surface area contributed by atoms with Gasteiger partial charge in [-0.05, 0) is 25.7 Å². The van der Waals surface area contributed by atoms with Crippen molar-refractivity contribution in [3.05, 3.63) is 0 Å². The second-order valence-corrected chi connectivity index (χ2v) is 5.87. The highest BCUT2D eigenvalue weighted by atomic mass is 16.5. The van der Waals surface area contributed by atoms with E-state index < -0.39 is 0 Å². The fraction of sp³-hybridized carbons (Fsp3) is 0.857. The minimum atomic E-state index is -0.334. The summed E-state index contributed by atoms with van der Waals surface area (Å²) in [5.41, 5.74) is 0. The molecule has 3 aliphatic rings. The third-order valence-electron chi connectivity index (χ3n) is 4.55. The van der Waals surface area contributed by atoms with Crippen LogP contribution in [0.1, 0.15) is 45.4 Å². The van der Waals surface area contributed by atoms with Crippen LogP contribution in [0.15, 0.2) is 0 Å². The molecular formula is C14H22N2O3. The summed E-state index contributed by atoms with van der Waals surface area (Å²) in [6.07, 6.45) is 5.70. The number of hydrogen-bond donors (Lipinski definition) is 1. The molecule has 5 heteroatoms. The van der Waals surface area contributed by atoms with E-state index >= 15 is 0 Å². The first-order valence-electron chi connectivity index (χ1n) is 7.44. The molecule has 3 aliphatic heterocycles. The van der Waals surface area contributed by atoms with Crippen LogP contribution in [0.5, 0.6) is 0 Å². The molecule has 0 aromatic carbocycles. The molecule has 1 N–H and O–H groups in total. The molecule has 3 fully saturated rings. The summed E-state index contributed by atoms with van der Waals surface area (Å²) in [6.45, 7) is 2.58. The molecule has 4 unspecified atom stereocenters. The van der Waals surface area contributed by atoms with Crippen LogP contribution in [0.3, 0.4) is 0 Å². The molecular weight excluding hydrogens is 244 g/mol. The fourth-order valence-corrected chi connectivity index (χ4v) is 3.61. The standard InChI is InChI=1S/C14H22N2O3/c1-2-3-10-14(18)16(7-6-13(17)15-10)11-8-9-4-5-12(11)19-9/h9-12H,2-8H2,1H3,(H,15,17). The van der Waals surface area contributed by atoms with E-state index in [1.807, 2.05) is 11.8 Å². The fourth-order valence-electron chi connectivity index (χ4n) is 3.61. The zero-order chi connectivity index (χ0) is 13.4. The van der Waals surface area contributed by atoms with Gasteiger partial charge >= 0.3 is 0 Å². The molecule has 3 saturated heterocycles. The average Bonchev–Trinajstić information content (AvgIpc) is 2.97. The van der Waals surface area contributed by atoms with E-state index in [1.165, 1.54) is 0 Å². The minimum absolute atomic E-state index is 0.00150. The van der Waals surface area contributed by atoms with Crippen molar-refractivity contribution in [3.63, 3.8) is 0 Å². The molecule has 0 spiro atoms. The minimum Gasteiger partial charge on any atom is -0.373 e. The van der Waals surface area contributed by atoms with Gasteiger partial charge in [-0.15, -0.1) is 0 Å². The molecule has 106 valence electrons. The van der Waals surface area contributed by atoms with E-state index in [-0.39, 0.29) is 30.0 Å². The number of rotatable bonds is 3. The summed E-state index contributed by atoms with van der Waals surface area (Å²) in [7, 11) is 0. The highest BCUT2D eigenvalue weighted by Gasteiger charge is 2.46. The maximum absolute atomic E-state index is 12.6. The first-order valence-corrected chi connectivity index (χ1v) is 7.44. The largest absolute Gasteiger partial charge is 0.373 e. The van der Waals surface area contributed by atoms with E-state index in [0.29, 0.717) is 19.1 Å². The van der Waals surface area contributed by atoms with Crippen LogP contribution in [0.2, 0.25) is 0 Å². The molecule has 2 bridgehead atoms. The smallest absolute Gasteiger partial charge is 0.245 e. The molecule has 2 amide bonds. The molecule has 5 nitrogen and oxygen atoms in total. The van der Waals surface area contributed by atoms with Gasteiger partial charge in [-0.3, -0.25) is 9.59 Å². The van der Waals surface area contributed by atoms with Crippen LogP contribution in [-0.4, -0.2) is 47.6 Å². The Morgan fingerprint density at radius 3 is 2.84 bits per heavy atom. The second kappa shape index (κ2) is 5.12. The average molecular weight is 266 g/mol. The lowest BCUT2D eigenvalue weighted by Gasteiger charge is -2.33. The van der Waals surface area contributed by atoms with Gasteiger partial charge in [0.15, 0.2) is 0 Å². The Bertz CT molecular complexity index is 385. The van der Waals surface area contributed by atoms with Crippen LogP contribution in [0, 0.1) is 0 Å². The molecule has 4 atom stereocenters.